The molecule has 1 N–H and O–H groups in total. The van der Waals surface area contributed by atoms with Crippen LogP contribution in [0.3, 0.4) is 0 Å². The summed E-state index contributed by atoms with van der Waals surface area (Å²) in [4.78, 5) is 13.5. The minimum atomic E-state index is -0.448. The van der Waals surface area contributed by atoms with Gasteiger partial charge >= 0.3 is 0 Å². The third-order valence-corrected chi connectivity index (χ3v) is 5.69. The number of hydrogen-bond acceptors (Lipinski definition) is 7. The number of pyridine rings is 1. The van der Waals surface area contributed by atoms with E-state index < -0.39 is 5.95 Å². The van der Waals surface area contributed by atoms with Crippen molar-refractivity contribution >= 4 is 27.4 Å². The van der Waals surface area contributed by atoms with Crippen LogP contribution < -0.4 is 14.8 Å². The molecular formula is C20H15FN4O2S. The van der Waals surface area contributed by atoms with Crippen molar-refractivity contribution in [2.24, 2.45) is 0 Å². The fourth-order valence-corrected chi connectivity index (χ4v) is 4.11. The van der Waals surface area contributed by atoms with E-state index in [4.69, 9.17) is 9.47 Å². The molecule has 0 radical (unpaired) electrons. The second-order valence-electron chi connectivity index (χ2n) is 6.42. The Morgan fingerprint density at radius 3 is 2.89 bits per heavy atom. The molecule has 1 aliphatic rings. The average molecular weight is 394 g/mol. The normalized spacial score (nSPS) is 12.5. The van der Waals surface area contributed by atoms with E-state index in [0.29, 0.717) is 12.1 Å². The Hall–Kier alpha value is -3.26. The number of halogens is 1. The summed E-state index contributed by atoms with van der Waals surface area (Å²) in [6.45, 7) is 2.55. The highest BCUT2D eigenvalue weighted by molar-refractivity contribution is 7.22. The summed E-state index contributed by atoms with van der Waals surface area (Å²) in [5.41, 5.74) is 3.28. The molecule has 8 heteroatoms. The number of fused-ring (bicyclic) bond motifs is 2. The number of benzene rings is 1. The standard InChI is InChI=1S/C20H15FN4O2S/c1-11-4-13(8-22-19(11)21)17-6-14-18(28-17)20(25-9-24-14)23-7-12-2-3-15-16(5-12)27-10-26-15/h2-6,8-9H,7,10H2,1H3,(H,23,24,25). The van der Waals surface area contributed by atoms with Crippen LogP contribution >= 0.6 is 11.3 Å². The van der Waals surface area contributed by atoms with E-state index in [1.807, 2.05) is 24.3 Å². The summed E-state index contributed by atoms with van der Waals surface area (Å²) >= 11 is 1.55. The maximum Gasteiger partial charge on any atom is 0.231 e. The van der Waals surface area contributed by atoms with Gasteiger partial charge in [0.05, 0.1) is 10.2 Å². The highest BCUT2D eigenvalue weighted by Crippen LogP contribution is 2.36. The molecule has 28 heavy (non-hydrogen) atoms. The zero-order valence-electron chi connectivity index (χ0n) is 14.9. The lowest BCUT2D eigenvalue weighted by Crippen LogP contribution is -2.01. The van der Waals surface area contributed by atoms with Crippen LogP contribution in [0.1, 0.15) is 11.1 Å². The molecule has 0 amide bonds. The van der Waals surface area contributed by atoms with Crippen LogP contribution in [-0.4, -0.2) is 21.7 Å². The first-order chi connectivity index (χ1) is 13.7. The highest BCUT2D eigenvalue weighted by atomic mass is 32.1. The fraction of sp³-hybridized carbons (Fsp3) is 0.150. The van der Waals surface area contributed by atoms with Crippen LogP contribution in [0, 0.1) is 12.9 Å². The van der Waals surface area contributed by atoms with Crippen LogP contribution in [0.2, 0.25) is 0 Å². The van der Waals surface area contributed by atoms with Crippen LogP contribution in [0.4, 0.5) is 10.2 Å². The van der Waals surface area contributed by atoms with Crippen molar-refractivity contribution < 1.29 is 13.9 Å². The van der Waals surface area contributed by atoms with E-state index in [9.17, 15) is 4.39 Å². The maximum atomic E-state index is 13.5. The highest BCUT2D eigenvalue weighted by Gasteiger charge is 2.14. The Bertz CT molecular complexity index is 1190. The van der Waals surface area contributed by atoms with Crippen molar-refractivity contribution in [3.8, 4) is 21.9 Å². The third kappa shape index (κ3) is 3.01. The zero-order chi connectivity index (χ0) is 19.1. The molecule has 0 fully saturated rings. The number of aryl methyl sites for hydroxylation is 1. The van der Waals surface area contributed by atoms with Gasteiger partial charge in [-0.05, 0) is 36.8 Å². The number of nitrogens with zero attached hydrogens (tertiary/aromatic N) is 3. The van der Waals surface area contributed by atoms with Crippen LogP contribution in [-0.2, 0) is 6.54 Å². The molecule has 1 aromatic carbocycles. The summed E-state index contributed by atoms with van der Waals surface area (Å²) < 4.78 is 25.2. The molecule has 140 valence electrons. The molecule has 1 aliphatic heterocycles. The molecule has 5 rings (SSSR count). The molecule has 3 aromatic heterocycles. The smallest absolute Gasteiger partial charge is 0.231 e. The summed E-state index contributed by atoms with van der Waals surface area (Å²) in [6, 6.07) is 9.62. The summed E-state index contributed by atoms with van der Waals surface area (Å²) in [5.74, 6) is 1.82. The maximum absolute atomic E-state index is 13.5. The fourth-order valence-electron chi connectivity index (χ4n) is 3.05. The molecule has 0 saturated heterocycles. The predicted octanol–water partition coefficient (Wildman–Crippen LogP) is 4.54. The first-order valence-electron chi connectivity index (χ1n) is 8.67. The van der Waals surface area contributed by atoms with Gasteiger partial charge in [-0.25, -0.2) is 15.0 Å². The van der Waals surface area contributed by atoms with E-state index in [1.165, 1.54) is 6.33 Å². The molecular weight excluding hydrogens is 379 g/mol. The van der Waals surface area contributed by atoms with Gasteiger partial charge in [-0.1, -0.05) is 6.07 Å². The number of anilines is 1. The number of aromatic nitrogens is 3. The second kappa shape index (κ2) is 6.72. The van der Waals surface area contributed by atoms with Gasteiger partial charge in [-0.3, -0.25) is 0 Å². The third-order valence-electron chi connectivity index (χ3n) is 4.51. The number of nitrogens with one attached hydrogen (secondary N) is 1. The monoisotopic (exact) mass is 394 g/mol. The molecule has 0 aliphatic carbocycles. The van der Waals surface area contributed by atoms with E-state index in [2.05, 4.69) is 20.3 Å². The minimum Gasteiger partial charge on any atom is -0.454 e. The van der Waals surface area contributed by atoms with Crippen molar-refractivity contribution in [3.05, 3.63) is 59.9 Å². The van der Waals surface area contributed by atoms with Gasteiger partial charge in [-0.2, -0.15) is 4.39 Å². The summed E-state index contributed by atoms with van der Waals surface area (Å²) in [6.07, 6.45) is 3.08. The summed E-state index contributed by atoms with van der Waals surface area (Å²) in [5, 5.41) is 3.37. The Kier molecular flexibility index (Phi) is 4.05. The largest absolute Gasteiger partial charge is 0.454 e. The van der Waals surface area contributed by atoms with Gasteiger partial charge < -0.3 is 14.8 Å². The first-order valence-corrected chi connectivity index (χ1v) is 9.48. The Balaban J connectivity index is 1.43. The lowest BCUT2D eigenvalue weighted by atomic mass is 10.2. The predicted molar refractivity (Wildman–Crippen MR) is 105 cm³/mol. The van der Waals surface area contributed by atoms with E-state index >= 15 is 0 Å². The molecule has 0 saturated carbocycles. The number of rotatable bonds is 4. The van der Waals surface area contributed by atoms with E-state index in [0.717, 1.165) is 43.5 Å². The van der Waals surface area contributed by atoms with Crippen LogP contribution in [0.5, 0.6) is 11.5 Å². The van der Waals surface area contributed by atoms with Gasteiger partial charge in [0, 0.05) is 28.7 Å². The molecule has 0 bridgehead atoms. The lowest BCUT2D eigenvalue weighted by molar-refractivity contribution is 0.174. The molecule has 0 atom stereocenters. The van der Waals surface area contributed by atoms with Gasteiger partial charge in [0.2, 0.25) is 12.7 Å². The van der Waals surface area contributed by atoms with Crippen molar-refractivity contribution in [2.75, 3.05) is 12.1 Å². The second-order valence-corrected chi connectivity index (χ2v) is 7.47. The van der Waals surface area contributed by atoms with E-state index in [-0.39, 0.29) is 6.79 Å². The van der Waals surface area contributed by atoms with Gasteiger partial charge in [0.1, 0.15) is 12.1 Å². The zero-order valence-corrected chi connectivity index (χ0v) is 15.7. The minimum absolute atomic E-state index is 0.258. The van der Waals surface area contributed by atoms with Gasteiger partial charge in [0.25, 0.3) is 0 Å². The van der Waals surface area contributed by atoms with Crippen molar-refractivity contribution in [2.45, 2.75) is 13.5 Å². The molecule has 0 spiro atoms. The average Bonchev–Trinajstić information content (AvgIpc) is 3.34. The van der Waals surface area contributed by atoms with E-state index in [1.54, 1.807) is 30.5 Å². The first kappa shape index (κ1) is 16.9. The Morgan fingerprint density at radius 1 is 1.11 bits per heavy atom. The Labute approximate surface area is 164 Å². The van der Waals surface area contributed by atoms with Gasteiger partial charge in [-0.15, -0.1) is 11.3 Å². The van der Waals surface area contributed by atoms with Crippen LogP contribution in [0.15, 0.2) is 42.9 Å². The van der Waals surface area contributed by atoms with Crippen LogP contribution in [0.25, 0.3) is 20.7 Å². The topological polar surface area (TPSA) is 69.2 Å². The van der Waals surface area contributed by atoms with Crippen molar-refractivity contribution in [1.29, 1.82) is 0 Å². The molecule has 0 unspecified atom stereocenters. The lowest BCUT2D eigenvalue weighted by Gasteiger charge is -2.07. The number of ether oxygens (including phenoxy) is 2. The summed E-state index contributed by atoms with van der Waals surface area (Å²) in [7, 11) is 0. The number of hydrogen-bond donors (Lipinski definition) is 1. The molecule has 4 heterocycles. The quantitative estimate of drug-likeness (QED) is 0.513. The Morgan fingerprint density at radius 2 is 2.00 bits per heavy atom. The van der Waals surface area contributed by atoms with Gasteiger partial charge in [0.15, 0.2) is 11.5 Å². The van der Waals surface area contributed by atoms with Crippen molar-refractivity contribution in [1.82, 2.24) is 15.0 Å². The molecule has 4 aromatic rings. The van der Waals surface area contributed by atoms with Crippen molar-refractivity contribution in [3.63, 3.8) is 0 Å². The SMILES string of the molecule is Cc1cc(-c2cc3ncnc(NCc4ccc5c(c4)OCO5)c3s2)cnc1F. The molecule has 6 nitrogen and oxygen atoms in total. The number of thiophene rings is 1.